The maximum absolute atomic E-state index is 10.3. The number of aliphatic hydroxyl groups excluding tert-OH is 1. The lowest BCUT2D eigenvalue weighted by molar-refractivity contribution is -0.199. The van der Waals surface area contributed by atoms with Gasteiger partial charge in [-0.05, 0) is 19.8 Å². The van der Waals surface area contributed by atoms with Gasteiger partial charge in [0.15, 0.2) is 11.0 Å². The van der Waals surface area contributed by atoms with E-state index in [-0.39, 0.29) is 17.6 Å². The van der Waals surface area contributed by atoms with Gasteiger partial charge in [-0.2, -0.15) is 0 Å². The number of halogens is 1. The molecule has 0 amide bonds. The Balaban J connectivity index is 1.73. The average Bonchev–Trinajstić information content (AvgIpc) is 2.54. The highest BCUT2D eigenvalue weighted by molar-refractivity contribution is 6.32. The fourth-order valence-corrected chi connectivity index (χ4v) is 3.98. The molecule has 2 heterocycles. The molecular formula is C15H23ClN4O2. The van der Waals surface area contributed by atoms with Crippen LogP contribution in [-0.4, -0.2) is 54.0 Å². The molecule has 1 saturated carbocycles. The highest BCUT2D eigenvalue weighted by Crippen LogP contribution is 2.51. The molecule has 2 fully saturated rings. The van der Waals surface area contributed by atoms with Crippen molar-refractivity contribution in [2.45, 2.75) is 38.4 Å². The van der Waals surface area contributed by atoms with Gasteiger partial charge in [0.05, 0.1) is 12.2 Å². The summed E-state index contributed by atoms with van der Waals surface area (Å²) in [5.41, 5.74) is 0.680. The Morgan fingerprint density at radius 2 is 2.18 bits per heavy atom. The van der Waals surface area contributed by atoms with Gasteiger partial charge >= 0.3 is 0 Å². The standard InChI is InChI=1S/C15H23ClN4O2/c1-3-22-11-8-10(21)15(11)4-6-20(7-5-15)14-12(17-2)13(16)18-9-19-14/h9-11,17,21H,3-8H2,1-2H3/t10-,11-/m1/s1. The number of ether oxygens (including phenoxy) is 1. The first-order chi connectivity index (χ1) is 10.6. The quantitative estimate of drug-likeness (QED) is 0.824. The topological polar surface area (TPSA) is 70.5 Å². The number of aromatic nitrogens is 2. The van der Waals surface area contributed by atoms with Crippen LogP contribution >= 0.6 is 11.6 Å². The van der Waals surface area contributed by atoms with Crippen molar-refractivity contribution < 1.29 is 9.84 Å². The first-order valence-corrected chi connectivity index (χ1v) is 8.23. The SMILES string of the molecule is CCO[C@@H]1C[C@@H](O)C12CCN(c1ncnc(Cl)c1NC)CC2. The largest absolute Gasteiger partial charge is 0.392 e. The fourth-order valence-electron chi connectivity index (χ4n) is 3.76. The van der Waals surface area contributed by atoms with E-state index in [0.29, 0.717) is 11.8 Å². The Bertz CT molecular complexity index is 532. The second kappa shape index (κ2) is 6.18. The molecule has 3 rings (SSSR count). The summed E-state index contributed by atoms with van der Waals surface area (Å²) in [5, 5.41) is 13.8. The first kappa shape index (κ1) is 15.8. The summed E-state index contributed by atoms with van der Waals surface area (Å²) in [6.45, 7) is 4.38. The Hall–Kier alpha value is -1.11. The van der Waals surface area contributed by atoms with Gasteiger partial charge in [0.25, 0.3) is 0 Å². The van der Waals surface area contributed by atoms with E-state index in [1.807, 2.05) is 14.0 Å². The lowest BCUT2D eigenvalue weighted by Crippen LogP contribution is -2.62. The zero-order valence-electron chi connectivity index (χ0n) is 13.0. The van der Waals surface area contributed by atoms with Crippen molar-refractivity contribution in [2.24, 2.45) is 5.41 Å². The van der Waals surface area contributed by atoms with Crippen LogP contribution in [0.2, 0.25) is 5.15 Å². The van der Waals surface area contributed by atoms with E-state index in [0.717, 1.165) is 43.9 Å². The molecule has 22 heavy (non-hydrogen) atoms. The smallest absolute Gasteiger partial charge is 0.157 e. The van der Waals surface area contributed by atoms with Crippen LogP contribution in [0.5, 0.6) is 0 Å². The molecule has 1 saturated heterocycles. The molecule has 2 N–H and O–H groups in total. The number of hydrogen-bond donors (Lipinski definition) is 2. The van der Waals surface area contributed by atoms with Crippen molar-refractivity contribution in [3.8, 4) is 0 Å². The van der Waals surface area contributed by atoms with E-state index in [1.165, 1.54) is 6.33 Å². The molecule has 0 unspecified atom stereocenters. The summed E-state index contributed by atoms with van der Waals surface area (Å²) < 4.78 is 5.81. The summed E-state index contributed by atoms with van der Waals surface area (Å²) >= 11 is 6.13. The Morgan fingerprint density at radius 3 is 2.77 bits per heavy atom. The van der Waals surface area contributed by atoms with Gasteiger partial charge in [-0.1, -0.05) is 11.6 Å². The molecule has 2 atom stereocenters. The molecule has 1 aromatic heterocycles. The van der Waals surface area contributed by atoms with Crippen LogP contribution in [0, 0.1) is 5.41 Å². The molecular weight excluding hydrogens is 304 g/mol. The predicted octanol–water partition coefficient (Wildman–Crippen LogP) is 1.93. The summed E-state index contributed by atoms with van der Waals surface area (Å²) in [4.78, 5) is 10.6. The van der Waals surface area contributed by atoms with Crippen LogP contribution in [0.1, 0.15) is 26.2 Å². The first-order valence-electron chi connectivity index (χ1n) is 7.85. The maximum atomic E-state index is 10.3. The highest BCUT2D eigenvalue weighted by Gasteiger charge is 2.56. The minimum atomic E-state index is -0.246. The second-order valence-corrected chi connectivity index (χ2v) is 6.39. The lowest BCUT2D eigenvalue weighted by Gasteiger charge is -2.56. The molecule has 0 aromatic carbocycles. The second-order valence-electron chi connectivity index (χ2n) is 6.03. The van der Waals surface area contributed by atoms with Crippen LogP contribution in [0.15, 0.2) is 6.33 Å². The van der Waals surface area contributed by atoms with Gasteiger partial charge in [-0.25, -0.2) is 9.97 Å². The molecule has 1 aromatic rings. The number of anilines is 2. The molecule has 2 aliphatic rings. The average molecular weight is 327 g/mol. The van der Waals surface area contributed by atoms with Crippen LogP contribution in [-0.2, 0) is 4.74 Å². The van der Waals surface area contributed by atoms with Gasteiger partial charge in [0.2, 0.25) is 0 Å². The summed E-state index contributed by atoms with van der Waals surface area (Å²) in [5.74, 6) is 0.833. The van der Waals surface area contributed by atoms with Crippen molar-refractivity contribution in [3.05, 3.63) is 11.5 Å². The van der Waals surface area contributed by atoms with E-state index in [2.05, 4.69) is 20.2 Å². The molecule has 1 spiro atoms. The molecule has 6 nitrogen and oxygen atoms in total. The van der Waals surface area contributed by atoms with Crippen LogP contribution in [0.4, 0.5) is 11.5 Å². The number of rotatable bonds is 4. The number of piperidine rings is 1. The van der Waals surface area contributed by atoms with Crippen molar-refractivity contribution in [1.82, 2.24) is 9.97 Å². The van der Waals surface area contributed by atoms with Gasteiger partial charge in [-0.15, -0.1) is 0 Å². The zero-order valence-corrected chi connectivity index (χ0v) is 13.8. The van der Waals surface area contributed by atoms with E-state index in [9.17, 15) is 5.11 Å². The third-order valence-corrected chi connectivity index (χ3v) is 5.42. The third-order valence-electron chi connectivity index (χ3n) is 5.13. The van der Waals surface area contributed by atoms with Crippen molar-refractivity contribution in [1.29, 1.82) is 0 Å². The van der Waals surface area contributed by atoms with Crippen LogP contribution in [0.3, 0.4) is 0 Å². The van der Waals surface area contributed by atoms with E-state index in [1.54, 1.807) is 0 Å². The monoisotopic (exact) mass is 326 g/mol. The van der Waals surface area contributed by atoms with E-state index in [4.69, 9.17) is 16.3 Å². The summed E-state index contributed by atoms with van der Waals surface area (Å²) in [7, 11) is 1.82. The zero-order chi connectivity index (χ0) is 15.7. The number of hydrogen-bond acceptors (Lipinski definition) is 6. The number of aliphatic hydroxyl groups is 1. The Kier molecular flexibility index (Phi) is 4.43. The predicted molar refractivity (Wildman–Crippen MR) is 86.5 cm³/mol. The fraction of sp³-hybridized carbons (Fsp3) is 0.733. The van der Waals surface area contributed by atoms with Gasteiger partial charge < -0.3 is 20.1 Å². The normalized spacial score (nSPS) is 26.8. The van der Waals surface area contributed by atoms with E-state index < -0.39 is 0 Å². The van der Waals surface area contributed by atoms with Crippen molar-refractivity contribution in [2.75, 3.05) is 37.0 Å². The molecule has 1 aliphatic heterocycles. The van der Waals surface area contributed by atoms with Crippen LogP contribution < -0.4 is 10.2 Å². The molecule has 1 aliphatic carbocycles. The van der Waals surface area contributed by atoms with E-state index >= 15 is 0 Å². The summed E-state index contributed by atoms with van der Waals surface area (Å²) in [6, 6.07) is 0. The minimum absolute atomic E-state index is 0.0802. The molecule has 122 valence electrons. The number of nitrogens with zero attached hydrogens (tertiary/aromatic N) is 3. The van der Waals surface area contributed by atoms with Crippen LogP contribution in [0.25, 0.3) is 0 Å². The lowest BCUT2D eigenvalue weighted by atomic mass is 9.58. The third kappa shape index (κ3) is 2.43. The Morgan fingerprint density at radius 1 is 1.45 bits per heavy atom. The van der Waals surface area contributed by atoms with Crippen molar-refractivity contribution >= 4 is 23.1 Å². The summed E-state index contributed by atoms with van der Waals surface area (Å²) in [6.07, 6.45) is 4.00. The Labute approximate surface area is 135 Å². The number of nitrogens with one attached hydrogen (secondary N) is 1. The molecule has 7 heteroatoms. The highest BCUT2D eigenvalue weighted by atomic mass is 35.5. The van der Waals surface area contributed by atoms with Gasteiger partial charge in [-0.3, -0.25) is 0 Å². The maximum Gasteiger partial charge on any atom is 0.157 e. The van der Waals surface area contributed by atoms with Gasteiger partial charge in [0.1, 0.15) is 12.0 Å². The molecule has 0 bridgehead atoms. The van der Waals surface area contributed by atoms with Crippen molar-refractivity contribution in [3.63, 3.8) is 0 Å². The van der Waals surface area contributed by atoms with Gasteiger partial charge in [0, 0.05) is 38.6 Å². The molecule has 0 radical (unpaired) electrons. The minimum Gasteiger partial charge on any atom is -0.392 e.